The number of nitrogens with zero attached hydrogens (tertiary/aromatic N) is 1. The van der Waals surface area contributed by atoms with Gasteiger partial charge in [-0.25, -0.2) is 0 Å². The van der Waals surface area contributed by atoms with Crippen LogP contribution in [0, 0.1) is 13.8 Å². The van der Waals surface area contributed by atoms with Gasteiger partial charge in [0.2, 0.25) is 0 Å². The van der Waals surface area contributed by atoms with Gasteiger partial charge in [0, 0.05) is 31.1 Å². The van der Waals surface area contributed by atoms with Crippen LogP contribution in [-0.4, -0.2) is 41.3 Å². The zero-order valence-electron chi connectivity index (χ0n) is 15.0. The maximum absolute atomic E-state index is 12.6. The topological polar surface area (TPSA) is 57.4 Å². The fourth-order valence-corrected chi connectivity index (χ4v) is 3.49. The molecule has 0 saturated carbocycles. The SMILES string of the molecule is CNC(=S)N(Cc1cc2c(C)ccc(C)c2[nH]c1=O)C[C@@H]1CCCO1. The van der Waals surface area contributed by atoms with E-state index in [9.17, 15) is 4.79 Å². The molecule has 5 nitrogen and oxygen atoms in total. The number of rotatable bonds is 4. The molecule has 1 aliphatic rings. The molecule has 2 aromatic rings. The number of fused-ring (bicyclic) bond motifs is 1. The first kappa shape index (κ1) is 17.9. The van der Waals surface area contributed by atoms with E-state index in [-0.39, 0.29) is 11.7 Å². The van der Waals surface area contributed by atoms with E-state index in [1.807, 2.05) is 31.0 Å². The number of nitrogens with one attached hydrogen (secondary N) is 2. The normalized spacial score (nSPS) is 17.0. The Bertz CT molecular complexity index is 840. The number of hydrogen-bond donors (Lipinski definition) is 2. The van der Waals surface area contributed by atoms with Crippen LogP contribution in [0.1, 0.15) is 29.5 Å². The van der Waals surface area contributed by atoms with Gasteiger partial charge in [0.15, 0.2) is 5.11 Å². The van der Waals surface area contributed by atoms with Gasteiger partial charge in [-0.2, -0.15) is 0 Å². The lowest BCUT2D eigenvalue weighted by atomic mass is 10.0. The first-order valence-corrected chi connectivity index (χ1v) is 9.11. The number of aryl methyl sites for hydroxylation is 2. The van der Waals surface area contributed by atoms with Crippen molar-refractivity contribution < 1.29 is 4.74 Å². The summed E-state index contributed by atoms with van der Waals surface area (Å²) >= 11 is 5.44. The summed E-state index contributed by atoms with van der Waals surface area (Å²) in [6.07, 6.45) is 2.30. The van der Waals surface area contributed by atoms with Gasteiger partial charge in [-0.1, -0.05) is 12.1 Å². The van der Waals surface area contributed by atoms with Crippen LogP contribution in [0.4, 0.5) is 0 Å². The van der Waals surface area contributed by atoms with Crippen LogP contribution in [0.2, 0.25) is 0 Å². The molecule has 1 fully saturated rings. The summed E-state index contributed by atoms with van der Waals surface area (Å²) in [4.78, 5) is 17.7. The summed E-state index contributed by atoms with van der Waals surface area (Å²) in [5.41, 5.74) is 3.80. The maximum atomic E-state index is 12.6. The summed E-state index contributed by atoms with van der Waals surface area (Å²) < 4.78 is 5.74. The predicted molar refractivity (Wildman–Crippen MR) is 105 cm³/mol. The number of H-pyrrole nitrogens is 1. The second kappa shape index (κ2) is 7.54. The van der Waals surface area contributed by atoms with Gasteiger partial charge in [0.1, 0.15) is 0 Å². The Kier molecular flexibility index (Phi) is 5.39. The number of aromatic amines is 1. The summed E-state index contributed by atoms with van der Waals surface area (Å²) in [5, 5.41) is 4.75. The first-order valence-electron chi connectivity index (χ1n) is 8.70. The van der Waals surface area contributed by atoms with Crippen molar-refractivity contribution >= 4 is 28.2 Å². The second-order valence-electron chi connectivity index (χ2n) is 6.68. The highest BCUT2D eigenvalue weighted by Crippen LogP contribution is 2.21. The maximum Gasteiger partial charge on any atom is 0.253 e. The Morgan fingerprint density at radius 1 is 1.40 bits per heavy atom. The minimum atomic E-state index is -0.0579. The lowest BCUT2D eigenvalue weighted by Gasteiger charge is -2.27. The quantitative estimate of drug-likeness (QED) is 0.822. The van der Waals surface area contributed by atoms with Crippen LogP contribution in [0.3, 0.4) is 0 Å². The highest BCUT2D eigenvalue weighted by atomic mass is 32.1. The summed E-state index contributed by atoms with van der Waals surface area (Å²) in [6, 6.07) is 6.12. The molecule has 0 bridgehead atoms. The van der Waals surface area contributed by atoms with E-state index in [0.29, 0.717) is 18.2 Å². The molecule has 6 heteroatoms. The number of benzene rings is 1. The molecule has 3 rings (SSSR count). The monoisotopic (exact) mass is 359 g/mol. The summed E-state index contributed by atoms with van der Waals surface area (Å²) in [7, 11) is 1.81. The van der Waals surface area contributed by atoms with Crippen molar-refractivity contribution in [1.29, 1.82) is 0 Å². The molecule has 1 saturated heterocycles. The van der Waals surface area contributed by atoms with Gasteiger partial charge in [0.05, 0.1) is 18.2 Å². The minimum absolute atomic E-state index is 0.0579. The lowest BCUT2D eigenvalue weighted by molar-refractivity contribution is 0.0898. The molecule has 0 unspecified atom stereocenters. The van der Waals surface area contributed by atoms with Crippen molar-refractivity contribution in [2.75, 3.05) is 20.2 Å². The highest BCUT2D eigenvalue weighted by Gasteiger charge is 2.21. The Morgan fingerprint density at radius 2 is 2.16 bits per heavy atom. The van der Waals surface area contributed by atoms with Crippen LogP contribution in [0.5, 0.6) is 0 Å². The molecule has 0 radical (unpaired) electrons. The fraction of sp³-hybridized carbons (Fsp3) is 0.474. The Morgan fingerprint density at radius 3 is 2.84 bits per heavy atom. The van der Waals surface area contributed by atoms with Gasteiger partial charge in [-0.3, -0.25) is 4.79 Å². The highest BCUT2D eigenvalue weighted by molar-refractivity contribution is 7.80. The van der Waals surface area contributed by atoms with Crippen molar-refractivity contribution in [3.05, 3.63) is 45.2 Å². The van der Waals surface area contributed by atoms with Gasteiger partial charge in [-0.05, 0) is 56.1 Å². The molecule has 1 atom stereocenters. The smallest absolute Gasteiger partial charge is 0.253 e. The third-order valence-electron chi connectivity index (χ3n) is 4.83. The van der Waals surface area contributed by atoms with E-state index >= 15 is 0 Å². The van der Waals surface area contributed by atoms with Crippen molar-refractivity contribution in [2.45, 2.75) is 39.3 Å². The van der Waals surface area contributed by atoms with E-state index in [2.05, 4.69) is 23.3 Å². The average molecular weight is 359 g/mol. The molecule has 2 heterocycles. The van der Waals surface area contributed by atoms with E-state index in [4.69, 9.17) is 17.0 Å². The molecule has 1 aliphatic heterocycles. The molecule has 1 aromatic carbocycles. The molecule has 134 valence electrons. The van der Waals surface area contributed by atoms with Gasteiger partial charge >= 0.3 is 0 Å². The Hall–Kier alpha value is -1.92. The number of ether oxygens (including phenoxy) is 1. The third kappa shape index (κ3) is 3.85. The molecule has 0 spiro atoms. The van der Waals surface area contributed by atoms with E-state index < -0.39 is 0 Å². The Balaban J connectivity index is 1.93. The standard InChI is InChI=1S/C19H25N3O2S/c1-12-6-7-13(2)17-16(12)9-14(18(23)21-17)10-22(19(25)20-3)11-15-5-4-8-24-15/h6-7,9,15H,4-5,8,10-11H2,1-3H3,(H,20,25)(H,21,23)/t15-/m0/s1. The average Bonchev–Trinajstić information content (AvgIpc) is 3.11. The fourth-order valence-electron chi connectivity index (χ4n) is 3.35. The molecule has 25 heavy (non-hydrogen) atoms. The summed E-state index contributed by atoms with van der Waals surface area (Å²) in [6.45, 7) is 6.05. The van der Waals surface area contributed by atoms with Crippen molar-refractivity contribution in [1.82, 2.24) is 15.2 Å². The van der Waals surface area contributed by atoms with Gasteiger partial charge in [-0.15, -0.1) is 0 Å². The zero-order valence-corrected chi connectivity index (χ0v) is 15.8. The molecule has 1 aromatic heterocycles. The van der Waals surface area contributed by atoms with Crippen molar-refractivity contribution in [3.63, 3.8) is 0 Å². The van der Waals surface area contributed by atoms with E-state index in [1.54, 1.807) is 0 Å². The largest absolute Gasteiger partial charge is 0.376 e. The second-order valence-corrected chi connectivity index (χ2v) is 7.07. The molecular weight excluding hydrogens is 334 g/mol. The number of aromatic nitrogens is 1. The number of pyridine rings is 1. The predicted octanol–water partition coefficient (Wildman–Crippen LogP) is 2.63. The molecule has 2 N–H and O–H groups in total. The van der Waals surface area contributed by atoms with E-state index in [0.717, 1.165) is 47.0 Å². The van der Waals surface area contributed by atoms with Crippen LogP contribution in [0.15, 0.2) is 23.0 Å². The van der Waals surface area contributed by atoms with Crippen LogP contribution in [-0.2, 0) is 11.3 Å². The number of thiocarbonyl (C=S) groups is 1. The number of hydrogen-bond acceptors (Lipinski definition) is 3. The van der Waals surface area contributed by atoms with Gasteiger partial charge < -0.3 is 19.9 Å². The third-order valence-corrected chi connectivity index (χ3v) is 5.29. The lowest BCUT2D eigenvalue weighted by Crippen LogP contribution is -2.42. The zero-order chi connectivity index (χ0) is 18.0. The van der Waals surface area contributed by atoms with E-state index in [1.165, 1.54) is 0 Å². The van der Waals surface area contributed by atoms with Gasteiger partial charge in [0.25, 0.3) is 5.56 Å². The molecule has 0 amide bonds. The Labute approximate surface area is 153 Å². The minimum Gasteiger partial charge on any atom is -0.376 e. The van der Waals surface area contributed by atoms with Crippen LogP contribution < -0.4 is 10.9 Å². The van der Waals surface area contributed by atoms with Crippen LogP contribution in [0.25, 0.3) is 10.9 Å². The van der Waals surface area contributed by atoms with Crippen LogP contribution >= 0.6 is 12.2 Å². The summed E-state index contributed by atoms with van der Waals surface area (Å²) in [5.74, 6) is 0. The van der Waals surface area contributed by atoms with Crippen molar-refractivity contribution in [3.8, 4) is 0 Å². The first-order chi connectivity index (χ1) is 12.0. The molecule has 0 aliphatic carbocycles. The van der Waals surface area contributed by atoms with Crippen molar-refractivity contribution in [2.24, 2.45) is 0 Å². The molecular formula is C19H25N3O2S.